The molecule has 0 radical (unpaired) electrons. The molecule has 0 saturated heterocycles. The average Bonchev–Trinajstić information content (AvgIpc) is 2.61. The largest absolute Gasteiger partial charge is 0.444 e. The number of alkyl carbamates (subject to hydrolysis) is 1. The summed E-state index contributed by atoms with van der Waals surface area (Å²) >= 11 is 0. The van der Waals surface area contributed by atoms with E-state index in [9.17, 15) is 4.79 Å². The van der Waals surface area contributed by atoms with Gasteiger partial charge in [-0.3, -0.25) is 0 Å². The van der Waals surface area contributed by atoms with E-state index in [4.69, 9.17) is 16.2 Å². The molecular weight excluding hydrogens is 342 g/mol. The third-order valence-electron chi connectivity index (χ3n) is 3.41. The van der Waals surface area contributed by atoms with E-state index in [0.29, 0.717) is 5.71 Å². The summed E-state index contributed by atoms with van der Waals surface area (Å²) in [5.74, 6) is -0.161. The maximum absolute atomic E-state index is 11.9. The van der Waals surface area contributed by atoms with E-state index < -0.39 is 11.7 Å². The van der Waals surface area contributed by atoms with Gasteiger partial charge in [-0.15, -0.1) is 10.2 Å². The Labute approximate surface area is 159 Å². The number of hydrogen-bond donors (Lipinski definition) is 3. The molecule has 5 N–H and O–H groups in total. The van der Waals surface area contributed by atoms with Crippen LogP contribution in [0.25, 0.3) is 11.1 Å². The first-order valence-corrected chi connectivity index (χ1v) is 8.53. The molecule has 0 spiro atoms. The summed E-state index contributed by atoms with van der Waals surface area (Å²) in [5, 5.41) is 10.4. The van der Waals surface area contributed by atoms with Crippen molar-refractivity contribution in [1.29, 1.82) is 0 Å². The number of carbonyl (C=O) groups is 1. The third kappa shape index (κ3) is 6.81. The molecule has 7 nitrogen and oxygen atoms in total. The van der Waals surface area contributed by atoms with Gasteiger partial charge in [0.05, 0.1) is 12.3 Å². The van der Waals surface area contributed by atoms with E-state index in [-0.39, 0.29) is 12.5 Å². The summed E-state index contributed by atoms with van der Waals surface area (Å²) in [5.41, 5.74) is 13.6. The molecule has 2 aromatic carbocycles. The highest BCUT2D eigenvalue weighted by Gasteiger charge is 2.16. The Hall–Kier alpha value is -3.35. The zero-order valence-electron chi connectivity index (χ0n) is 15.8. The summed E-state index contributed by atoms with van der Waals surface area (Å²) in [6.07, 6.45) is -0.541. The van der Waals surface area contributed by atoms with Crippen molar-refractivity contribution >= 4 is 17.8 Å². The Morgan fingerprint density at radius 2 is 1.56 bits per heavy atom. The first kappa shape index (κ1) is 20.0. The minimum atomic E-state index is -0.585. The molecular formula is C20H25N5O2. The lowest BCUT2D eigenvalue weighted by Gasteiger charge is -2.19. The predicted molar refractivity (Wildman–Crippen MR) is 108 cm³/mol. The minimum Gasteiger partial charge on any atom is -0.444 e. The van der Waals surface area contributed by atoms with Gasteiger partial charge in [-0.2, -0.15) is 0 Å². The Morgan fingerprint density at radius 3 is 2.11 bits per heavy atom. The van der Waals surface area contributed by atoms with E-state index >= 15 is 0 Å². The molecule has 0 bridgehead atoms. The second-order valence-corrected chi connectivity index (χ2v) is 6.87. The molecule has 2 rings (SSSR count). The molecule has 2 aromatic rings. The lowest BCUT2D eigenvalue weighted by Crippen LogP contribution is -2.35. The number of guanidine groups is 1. The van der Waals surface area contributed by atoms with E-state index in [2.05, 4.69) is 15.5 Å². The van der Waals surface area contributed by atoms with Crippen LogP contribution in [0.1, 0.15) is 26.3 Å². The van der Waals surface area contributed by atoms with Crippen LogP contribution in [0.4, 0.5) is 4.79 Å². The Morgan fingerprint density at radius 1 is 0.963 bits per heavy atom. The van der Waals surface area contributed by atoms with Gasteiger partial charge in [0.1, 0.15) is 5.60 Å². The Bertz CT molecular complexity index is 818. The molecule has 0 saturated carbocycles. The van der Waals surface area contributed by atoms with Gasteiger partial charge in [-0.25, -0.2) is 4.79 Å². The smallest absolute Gasteiger partial charge is 0.407 e. The number of amides is 1. The van der Waals surface area contributed by atoms with Crippen molar-refractivity contribution in [3.05, 3.63) is 60.2 Å². The quantitative estimate of drug-likeness (QED) is 0.428. The highest BCUT2D eigenvalue weighted by molar-refractivity contribution is 6.03. The average molecular weight is 367 g/mol. The fraction of sp³-hybridized carbons (Fsp3) is 0.250. The summed E-state index contributed by atoms with van der Waals surface area (Å²) in [4.78, 5) is 11.9. The first-order chi connectivity index (χ1) is 12.7. The molecule has 0 aliphatic heterocycles. The van der Waals surface area contributed by atoms with Gasteiger partial charge in [0.25, 0.3) is 0 Å². The SMILES string of the molecule is CC(C)(C)OC(=O)NC/C(=N\N=C(N)N)c1ccc(-c2ccccc2)cc1. The van der Waals surface area contributed by atoms with E-state index in [0.717, 1.165) is 16.7 Å². The maximum Gasteiger partial charge on any atom is 0.407 e. The van der Waals surface area contributed by atoms with Gasteiger partial charge < -0.3 is 21.5 Å². The molecule has 0 aliphatic carbocycles. The molecule has 7 heteroatoms. The van der Waals surface area contributed by atoms with E-state index in [1.807, 2.05) is 54.6 Å². The normalized spacial score (nSPS) is 11.6. The van der Waals surface area contributed by atoms with E-state index in [1.165, 1.54) is 0 Å². The standard InChI is InChI=1S/C20H25N5O2/c1-20(2,3)27-19(26)23-13-17(24-25-18(21)22)16-11-9-15(10-12-16)14-7-5-4-6-8-14/h4-12H,13H2,1-3H3,(H,23,26)(H4,21,22,25)/b24-17+. The fourth-order valence-corrected chi connectivity index (χ4v) is 2.27. The molecule has 0 atom stereocenters. The van der Waals surface area contributed by atoms with Crippen LogP contribution in [0.3, 0.4) is 0 Å². The molecule has 142 valence electrons. The lowest BCUT2D eigenvalue weighted by atomic mass is 10.0. The molecule has 0 aliphatic rings. The van der Waals surface area contributed by atoms with Crippen molar-refractivity contribution < 1.29 is 9.53 Å². The summed E-state index contributed by atoms with van der Waals surface area (Å²) in [6, 6.07) is 17.8. The number of hydrogen-bond acceptors (Lipinski definition) is 4. The number of benzene rings is 2. The number of ether oxygens (including phenoxy) is 1. The monoisotopic (exact) mass is 367 g/mol. The number of nitrogens with zero attached hydrogens (tertiary/aromatic N) is 2. The zero-order valence-corrected chi connectivity index (χ0v) is 15.8. The van der Waals surface area contributed by atoms with Crippen LogP contribution in [0.15, 0.2) is 64.8 Å². The Kier molecular flexibility index (Phi) is 6.54. The molecule has 0 heterocycles. The highest BCUT2D eigenvalue weighted by atomic mass is 16.6. The van der Waals surface area contributed by atoms with Gasteiger partial charge in [-0.05, 0) is 37.5 Å². The number of nitrogens with two attached hydrogens (primary N) is 2. The second kappa shape index (κ2) is 8.84. The predicted octanol–water partition coefficient (Wildman–Crippen LogP) is 2.86. The van der Waals surface area contributed by atoms with Crippen LogP contribution in [0, 0.1) is 0 Å². The van der Waals surface area contributed by atoms with E-state index in [1.54, 1.807) is 20.8 Å². The number of carbonyl (C=O) groups excluding carboxylic acids is 1. The summed E-state index contributed by atoms with van der Waals surface area (Å²) in [7, 11) is 0. The van der Waals surface area contributed by atoms with Crippen molar-refractivity contribution in [3.8, 4) is 11.1 Å². The highest BCUT2D eigenvalue weighted by Crippen LogP contribution is 2.19. The van der Waals surface area contributed by atoms with Gasteiger partial charge >= 0.3 is 6.09 Å². The van der Waals surface area contributed by atoms with Crippen LogP contribution in [-0.2, 0) is 4.74 Å². The van der Waals surface area contributed by atoms with Crippen LogP contribution < -0.4 is 16.8 Å². The minimum absolute atomic E-state index is 0.121. The molecule has 0 unspecified atom stereocenters. The van der Waals surface area contributed by atoms with Crippen LogP contribution in [0.2, 0.25) is 0 Å². The topological polar surface area (TPSA) is 115 Å². The number of nitrogens with one attached hydrogen (secondary N) is 1. The molecule has 0 fully saturated rings. The maximum atomic E-state index is 11.9. The molecule has 1 amide bonds. The summed E-state index contributed by atoms with van der Waals surface area (Å²) < 4.78 is 5.24. The van der Waals surface area contributed by atoms with Crippen LogP contribution in [0.5, 0.6) is 0 Å². The van der Waals surface area contributed by atoms with Crippen molar-refractivity contribution in [2.45, 2.75) is 26.4 Å². The van der Waals surface area contributed by atoms with Gasteiger partial charge in [0.15, 0.2) is 0 Å². The first-order valence-electron chi connectivity index (χ1n) is 8.53. The zero-order chi connectivity index (χ0) is 19.9. The molecule has 0 aromatic heterocycles. The van der Waals surface area contributed by atoms with Crippen molar-refractivity contribution in [2.75, 3.05) is 6.54 Å². The fourth-order valence-electron chi connectivity index (χ4n) is 2.27. The third-order valence-corrected chi connectivity index (χ3v) is 3.41. The van der Waals surface area contributed by atoms with Crippen LogP contribution >= 0.6 is 0 Å². The van der Waals surface area contributed by atoms with Crippen molar-refractivity contribution in [3.63, 3.8) is 0 Å². The second-order valence-electron chi connectivity index (χ2n) is 6.87. The number of rotatable bonds is 5. The van der Waals surface area contributed by atoms with Crippen molar-refractivity contribution in [2.24, 2.45) is 21.7 Å². The summed E-state index contributed by atoms with van der Waals surface area (Å²) in [6.45, 7) is 5.51. The van der Waals surface area contributed by atoms with Gasteiger partial charge in [0.2, 0.25) is 5.96 Å². The van der Waals surface area contributed by atoms with Crippen molar-refractivity contribution in [1.82, 2.24) is 5.32 Å². The van der Waals surface area contributed by atoms with Gasteiger partial charge in [0, 0.05) is 0 Å². The van der Waals surface area contributed by atoms with Gasteiger partial charge in [-0.1, -0.05) is 54.6 Å². The molecule has 27 heavy (non-hydrogen) atoms. The van der Waals surface area contributed by atoms with Crippen LogP contribution in [-0.4, -0.2) is 29.9 Å². The Balaban J connectivity index is 2.18. The lowest BCUT2D eigenvalue weighted by molar-refractivity contribution is 0.0536.